The molecule has 1 saturated heterocycles. The first-order chi connectivity index (χ1) is 13.1. The average Bonchev–Trinajstić information content (AvgIpc) is 2.73. The van der Waals surface area contributed by atoms with E-state index in [1.165, 1.54) is 11.3 Å². The van der Waals surface area contributed by atoms with Crippen LogP contribution < -0.4 is 4.90 Å². The number of rotatable bonds is 2. The molecule has 5 heteroatoms. The van der Waals surface area contributed by atoms with Gasteiger partial charge in [-0.1, -0.05) is 42.5 Å². The van der Waals surface area contributed by atoms with Crippen LogP contribution in [0.1, 0.15) is 18.1 Å². The lowest BCUT2D eigenvalue weighted by atomic mass is 9.93. The molecule has 0 unspecified atom stereocenters. The van der Waals surface area contributed by atoms with Crippen LogP contribution in [0.3, 0.4) is 0 Å². The quantitative estimate of drug-likeness (QED) is 0.822. The number of benzene rings is 2. The molecule has 4 rings (SSSR count). The SMILES string of the molecule is CC(=O)N1Cc2ccccc2C[C@@H]1C(=O)N1CCN(c2ccccc2)CC1. The highest BCUT2D eigenvalue weighted by Crippen LogP contribution is 2.25. The van der Waals surface area contributed by atoms with E-state index in [0.29, 0.717) is 26.1 Å². The lowest BCUT2D eigenvalue weighted by molar-refractivity contribution is -0.146. The summed E-state index contributed by atoms with van der Waals surface area (Å²) in [4.78, 5) is 31.4. The van der Waals surface area contributed by atoms with E-state index in [1.807, 2.05) is 41.3 Å². The van der Waals surface area contributed by atoms with Gasteiger partial charge in [0.25, 0.3) is 0 Å². The number of carbonyl (C=O) groups is 2. The molecule has 0 radical (unpaired) electrons. The van der Waals surface area contributed by atoms with Crippen molar-refractivity contribution in [1.29, 1.82) is 0 Å². The average molecular weight is 363 g/mol. The van der Waals surface area contributed by atoms with Crippen molar-refractivity contribution in [3.63, 3.8) is 0 Å². The fraction of sp³-hybridized carbons (Fsp3) is 0.364. The van der Waals surface area contributed by atoms with Crippen LogP contribution in [0.5, 0.6) is 0 Å². The third-order valence-electron chi connectivity index (χ3n) is 5.65. The van der Waals surface area contributed by atoms with Gasteiger partial charge in [0, 0.05) is 51.8 Å². The highest BCUT2D eigenvalue weighted by atomic mass is 16.2. The molecule has 2 aromatic rings. The smallest absolute Gasteiger partial charge is 0.245 e. The van der Waals surface area contributed by atoms with Crippen molar-refractivity contribution in [3.8, 4) is 0 Å². The van der Waals surface area contributed by atoms with E-state index in [9.17, 15) is 9.59 Å². The van der Waals surface area contributed by atoms with Crippen LogP contribution in [0.15, 0.2) is 54.6 Å². The third kappa shape index (κ3) is 3.54. The molecule has 0 spiro atoms. The number of hydrogen-bond donors (Lipinski definition) is 0. The summed E-state index contributed by atoms with van der Waals surface area (Å²) < 4.78 is 0. The first kappa shape index (κ1) is 17.6. The van der Waals surface area contributed by atoms with Gasteiger partial charge in [-0.15, -0.1) is 0 Å². The monoisotopic (exact) mass is 363 g/mol. The van der Waals surface area contributed by atoms with Crippen molar-refractivity contribution < 1.29 is 9.59 Å². The minimum Gasteiger partial charge on any atom is -0.368 e. The molecule has 0 saturated carbocycles. The summed E-state index contributed by atoms with van der Waals surface area (Å²) in [6.07, 6.45) is 0.605. The van der Waals surface area contributed by atoms with Gasteiger partial charge in [0.05, 0.1) is 0 Å². The zero-order chi connectivity index (χ0) is 18.8. The minimum atomic E-state index is -0.388. The zero-order valence-corrected chi connectivity index (χ0v) is 15.7. The van der Waals surface area contributed by atoms with Gasteiger partial charge in [0.15, 0.2) is 0 Å². The number of para-hydroxylation sites is 1. The third-order valence-corrected chi connectivity index (χ3v) is 5.65. The van der Waals surface area contributed by atoms with E-state index in [1.54, 1.807) is 11.8 Å². The van der Waals surface area contributed by atoms with Crippen LogP contribution >= 0.6 is 0 Å². The topological polar surface area (TPSA) is 43.9 Å². The Hall–Kier alpha value is -2.82. The molecule has 140 valence electrons. The van der Waals surface area contributed by atoms with Crippen LogP contribution in [0, 0.1) is 0 Å². The number of hydrogen-bond acceptors (Lipinski definition) is 3. The molecule has 1 atom stereocenters. The Morgan fingerprint density at radius 2 is 1.48 bits per heavy atom. The predicted octanol–water partition coefficient (Wildman–Crippen LogP) is 2.31. The maximum absolute atomic E-state index is 13.2. The van der Waals surface area contributed by atoms with E-state index < -0.39 is 0 Å². The minimum absolute atomic E-state index is 0.0363. The van der Waals surface area contributed by atoms with E-state index in [0.717, 1.165) is 18.7 Å². The Morgan fingerprint density at radius 1 is 0.852 bits per heavy atom. The molecule has 2 heterocycles. The molecule has 0 aliphatic carbocycles. The Bertz CT molecular complexity index is 828. The summed E-state index contributed by atoms with van der Waals surface area (Å²) in [7, 11) is 0. The Labute approximate surface area is 160 Å². The maximum Gasteiger partial charge on any atom is 0.245 e. The van der Waals surface area contributed by atoms with Crippen molar-refractivity contribution in [3.05, 3.63) is 65.7 Å². The first-order valence-electron chi connectivity index (χ1n) is 9.56. The van der Waals surface area contributed by atoms with Crippen molar-refractivity contribution in [1.82, 2.24) is 9.80 Å². The van der Waals surface area contributed by atoms with Crippen LogP contribution in [-0.4, -0.2) is 53.8 Å². The van der Waals surface area contributed by atoms with Gasteiger partial charge in [-0.25, -0.2) is 0 Å². The molecule has 0 bridgehead atoms. The molecule has 0 aromatic heterocycles. The number of amides is 2. The molecule has 27 heavy (non-hydrogen) atoms. The molecule has 2 amide bonds. The van der Waals surface area contributed by atoms with Gasteiger partial charge in [0.2, 0.25) is 11.8 Å². The van der Waals surface area contributed by atoms with Gasteiger partial charge in [-0.2, -0.15) is 0 Å². The van der Waals surface area contributed by atoms with Crippen LogP contribution in [0.4, 0.5) is 5.69 Å². The standard InChI is InChI=1S/C22H25N3O2/c1-17(26)25-16-19-8-6-5-7-18(19)15-21(25)22(27)24-13-11-23(12-14-24)20-9-3-2-4-10-20/h2-10,21H,11-16H2,1H3/t21-/m1/s1. The lowest BCUT2D eigenvalue weighted by Gasteiger charge is -2.41. The van der Waals surface area contributed by atoms with Crippen molar-refractivity contribution in [2.45, 2.75) is 25.9 Å². The van der Waals surface area contributed by atoms with Gasteiger partial charge in [0.1, 0.15) is 6.04 Å². The first-order valence-corrected chi connectivity index (χ1v) is 9.56. The number of piperazine rings is 1. The largest absolute Gasteiger partial charge is 0.368 e. The van der Waals surface area contributed by atoms with Crippen LogP contribution in [0.25, 0.3) is 0 Å². The number of anilines is 1. The number of fused-ring (bicyclic) bond motifs is 1. The second-order valence-corrected chi connectivity index (χ2v) is 7.28. The van der Waals surface area contributed by atoms with Gasteiger partial charge >= 0.3 is 0 Å². The van der Waals surface area contributed by atoms with Gasteiger partial charge in [-0.05, 0) is 23.3 Å². The lowest BCUT2D eigenvalue weighted by Crippen LogP contribution is -2.57. The molecule has 2 aliphatic heterocycles. The molecule has 0 N–H and O–H groups in total. The summed E-state index contributed by atoms with van der Waals surface area (Å²) in [6, 6.07) is 18.0. The van der Waals surface area contributed by atoms with E-state index in [-0.39, 0.29) is 17.9 Å². The summed E-state index contributed by atoms with van der Waals surface area (Å²) in [6.45, 7) is 5.10. The summed E-state index contributed by atoms with van der Waals surface area (Å²) in [5.41, 5.74) is 3.52. The maximum atomic E-state index is 13.2. The normalized spacial score (nSPS) is 19.6. The van der Waals surface area contributed by atoms with E-state index in [2.05, 4.69) is 23.1 Å². The molecule has 2 aliphatic rings. The van der Waals surface area contributed by atoms with Crippen molar-refractivity contribution in [2.24, 2.45) is 0 Å². The van der Waals surface area contributed by atoms with Crippen molar-refractivity contribution >= 4 is 17.5 Å². The highest BCUT2D eigenvalue weighted by Gasteiger charge is 2.36. The molecule has 2 aromatic carbocycles. The van der Waals surface area contributed by atoms with Crippen LogP contribution in [0.2, 0.25) is 0 Å². The van der Waals surface area contributed by atoms with Gasteiger partial charge < -0.3 is 14.7 Å². The molecular formula is C22H25N3O2. The second kappa shape index (κ2) is 7.43. The Balaban J connectivity index is 1.46. The molecular weight excluding hydrogens is 338 g/mol. The molecule has 1 fully saturated rings. The second-order valence-electron chi connectivity index (χ2n) is 7.28. The fourth-order valence-corrected chi connectivity index (χ4v) is 4.11. The fourth-order valence-electron chi connectivity index (χ4n) is 4.11. The number of nitrogens with zero attached hydrogens (tertiary/aromatic N) is 3. The Morgan fingerprint density at radius 3 is 2.15 bits per heavy atom. The summed E-state index contributed by atoms with van der Waals surface area (Å²) in [5.74, 6) is 0.0400. The predicted molar refractivity (Wildman–Crippen MR) is 105 cm³/mol. The number of carbonyl (C=O) groups excluding carboxylic acids is 2. The highest BCUT2D eigenvalue weighted by molar-refractivity contribution is 5.88. The van der Waals surface area contributed by atoms with E-state index >= 15 is 0 Å². The summed E-state index contributed by atoms with van der Waals surface area (Å²) >= 11 is 0. The van der Waals surface area contributed by atoms with E-state index in [4.69, 9.17) is 0 Å². The van der Waals surface area contributed by atoms with Crippen molar-refractivity contribution in [2.75, 3.05) is 31.1 Å². The Kier molecular flexibility index (Phi) is 4.84. The van der Waals surface area contributed by atoms with Crippen LogP contribution in [-0.2, 0) is 22.6 Å². The zero-order valence-electron chi connectivity index (χ0n) is 15.7. The summed E-state index contributed by atoms with van der Waals surface area (Å²) in [5, 5.41) is 0. The molecule has 5 nitrogen and oxygen atoms in total. The van der Waals surface area contributed by atoms with Gasteiger partial charge in [-0.3, -0.25) is 9.59 Å².